The number of halogens is 2. The summed E-state index contributed by atoms with van der Waals surface area (Å²) >= 11 is 5.91. The van der Waals surface area contributed by atoms with E-state index in [1.165, 1.54) is 6.07 Å². The van der Waals surface area contributed by atoms with E-state index in [0.29, 0.717) is 30.5 Å². The Morgan fingerprint density at radius 3 is 2.76 bits per heavy atom. The highest BCUT2D eigenvalue weighted by Crippen LogP contribution is 2.29. The van der Waals surface area contributed by atoms with Gasteiger partial charge in [0.25, 0.3) is 0 Å². The molecule has 112 valence electrons. The van der Waals surface area contributed by atoms with Gasteiger partial charge in [-0.2, -0.15) is 0 Å². The van der Waals surface area contributed by atoms with Crippen LogP contribution in [0.25, 0.3) is 0 Å². The van der Waals surface area contributed by atoms with E-state index < -0.39 is 5.82 Å². The summed E-state index contributed by atoms with van der Waals surface area (Å²) in [4.78, 5) is 0. The third kappa shape index (κ3) is 4.70. The molecule has 0 aromatic heterocycles. The maximum Gasteiger partial charge on any atom is 0.167 e. The van der Waals surface area contributed by atoms with Gasteiger partial charge in [-0.15, -0.1) is 0 Å². The molecular weight excluding hydrogens is 293 g/mol. The molecule has 21 heavy (non-hydrogen) atoms. The highest BCUT2D eigenvalue weighted by Gasteiger charge is 2.11. The smallest absolute Gasteiger partial charge is 0.167 e. The third-order valence-electron chi connectivity index (χ3n) is 2.86. The van der Waals surface area contributed by atoms with Gasteiger partial charge in [-0.05, 0) is 24.3 Å². The molecule has 0 spiro atoms. The molecule has 0 saturated carbocycles. The zero-order chi connectivity index (χ0) is 15.1. The first-order chi connectivity index (χ1) is 10.2. The molecule has 0 aliphatic carbocycles. The Morgan fingerprint density at radius 2 is 2.00 bits per heavy atom. The number of nitrogens with one attached hydrogen (secondary N) is 1. The van der Waals surface area contributed by atoms with Gasteiger partial charge in [-0.3, -0.25) is 0 Å². The summed E-state index contributed by atoms with van der Waals surface area (Å²) in [6.45, 7) is 1.78. The van der Waals surface area contributed by atoms with Crippen molar-refractivity contribution >= 4 is 11.6 Å². The van der Waals surface area contributed by atoms with E-state index in [4.69, 9.17) is 21.1 Å². The van der Waals surface area contributed by atoms with Gasteiger partial charge in [0.2, 0.25) is 0 Å². The first-order valence-corrected chi connectivity index (χ1v) is 6.99. The van der Waals surface area contributed by atoms with Crippen LogP contribution in [0.15, 0.2) is 42.5 Å². The molecule has 0 amide bonds. The zero-order valence-electron chi connectivity index (χ0n) is 11.7. The van der Waals surface area contributed by atoms with Crippen LogP contribution in [0.3, 0.4) is 0 Å². The highest BCUT2D eigenvalue weighted by atomic mass is 35.5. The minimum atomic E-state index is -0.402. The zero-order valence-corrected chi connectivity index (χ0v) is 12.5. The number of para-hydroxylation sites is 1. The van der Waals surface area contributed by atoms with Crippen molar-refractivity contribution in [2.75, 3.05) is 20.3 Å². The first-order valence-electron chi connectivity index (χ1n) is 6.61. The second-order valence-electron chi connectivity index (χ2n) is 4.46. The molecule has 2 aromatic carbocycles. The fourth-order valence-corrected chi connectivity index (χ4v) is 2.03. The molecule has 0 radical (unpaired) electrons. The predicted molar refractivity (Wildman–Crippen MR) is 81.5 cm³/mol. The van der Waals surface area contributed by atoms with Gasteiger partial charge in [-0.1, -0.05) is 29.8 Å². The van der Waals surface area contributed by atoms with Gasteiger partial charge in [0, 0.05) is 30.8 Å². The molecule has 0 atom stereocenters. The second kappa shape index (κ2) is 7.98. The maximum absolute atomic E-state index is 14.0. The van der Waals surface area contributed by atoms with Crippen molar-refractivity contribution in [3.05, 3.63) is 58.9 Å². The molecule has 0 bridgehead atoms. The van der Waals surface area contributed by atoms with Crippen LogP contribution in [-0.2, 0) is 11.3 Å². The summed E-state index contributed by atoms with van der Waals surface area (Å²) in [6, 6.07) is 11.7. The average Bonchev–Trinajstić information content (AvgIpc) is 2.47. The van der Waals surface area contributed by atoms with Crippen LogP contribution in [0.2, 0.25) is 5.02 Å². The molecule has 0 aliphatic heterocycles. The summed E-state index contributed by atoms with van der Waals surface area (Å²) in [7, 11) is 1.64. The summed E-state index contributed by atoms with van der Waals surface area (Å²) in [5.74, 6) is 0.316. The minimum absolute atomic E-state index is 0.213. The Bertz CT molecular complexity index is 592. The summed E-state index contributed by atoms with van der Waals surface area (Å²) in [5, 5.41) is 3.71. The Morgan fingerprint density at radius 1 is 1.19 bits per heavy atom. The quantitative estimate of drug-likeness (QED) is 0.784. The van der Waals surface area contributed by atoms with Crippen molar-refractivity contribution in [3.8, 4) is 11.5 Å². The first kappa shape index (κ1) is 15.8. The number of ether oxygens (including phenoxy) is 2. The number of rotatable bonds is 7. The molecule has 0 unspecified atom stereocenters. The molecule has 2 rings (SSSR count). The van der Waals surface area contributed by atoms with E-state index >= 15 is 0 Å². The van der Waals surface area contributed by atoms with Crippen LogP contribution in [0.5, 0.6) is 11.5 Å². The van der Waals surface area contributed by atoms with E-state index in [-0.39, 0.29) is 5.75 Å². The molecule has 1 N–H and O–H groups in total. The topological polar surface area (TPSA) is 30.5 Å². The molecule has 2 aromatic rings. The van der Waals surface area contributed by atoms with Crippen molar-refractivity contribution < 1.29 is 13.9 Å². The Labute approximate surface area is 128 Å². The molecule has 0 saturated heterocycles. The standard InChI is InChI=1S/C16H17ClFNO2/c1-20-9-8-19-11-12-4-2-7-15(18)16(12)21-14-6-3-5-13(17)10-14/h2-7,10,19H,8-9,11H2,1H3. The maximum atomic E-state index is 14.0. The third-order valence-corrected chi connectivity index (χ3v) is 3.10. The number of hydrogen-bond acceptors (Lipinski definition) is 3. The fourth-order valence-electron chi connectivity index (χ4n) is 1.85. The second-order valence-corrected chi connectivity index (χ2v) is 4.89. The van der Waals surface area contributed by atoms with Crippen LogP contribution in [0.4, 0.5) is 4.39 Å². The SMILES string of the molecule is COCCNCc1cccc(F)c1Oc1cccc(Cl)c1. The lowest BCUT2D eigenvalue weighted by atomic mass is 10.2. The Hall–Kier alpha value is -1.62. The fraction of sp³-hybridized carbons (Fsp3) is 0.250. The van der Waals surface area contributed by atoms with Crippen molar-refractivity contribution in [2.45, 2.75) is 6.54 Å². The Balaban J connectivity index is 2.13. The lowest BCUT2D eigenvalue weighted by Gasteiger charge is -2.13. The van der Waals surface area contributed by atoms with Crippen molar-refractivity contribution in [1.82, 2.24) is 5.32 Å². The van der Waals surface area contributed by atoms with Crippen LogP contribution >= 0.6 is 11.6 Å². The monoisotopic (exact) mass is 309 g/mol. The van der Waals surface area contributed by atoms with E-state index in [1.54, 1.807) is 37.4 Å². The van der Waals surface area contributed by atoms with Crippen molar-refractivity contribution in [2.24, 2.45) is 0 Å². The largest absolute Gasteiger partial charge is 0.454 e. The van der Waals surface area contributed by atoms with Crippen LogP contribution in [0.1, 0.15) is 5.56 Å². The average molecular weight is 310 g/mol. The van der Waals surface area contributed by atoms with Gasteiger partial charge < -0.3 is 14.8 Å². The molecule has 3 nitrogen and oxygen atoms in total. The van der Waals surface area contributed by atoms with Crippen LogP contribution < -0.4 is 10.1 Å². The number of benzene rings is 2. The van der Waals surface area contributed by atoms with Gasteiger partial charge in [0.05, 0.1) is 6.61 Å². The molecular formula is C16H17ClFNO2. The number of hydrogen-bond donors (Lipinski definition) is 1. The predicted octanol–water partition coefficient (Wildman–Crippen LogP) is 4.01. The Kier molecular flexibility index (Phi) is 5.99. The normalized spacial score (nSPS) is 10.6. The van der Waals surface area contributed by atoms with Crippen LogP contribution in [-0.4, -0.2) is 20.3 Å². The summed E-state index contributed by atoms with van der Waals surface area (Å²) in [6.07, 6.45) is 0. The van der Waals surface area contributed by atoms with Crippen molar-refractivity contribution in [3.63, 3.8) is 0 Å². The lowest BCUT2D eigenvalue weighted by molar-refractivity contribution is 0.199. The van der Waals surface area contributed by atoms with Crippen LogP contribution in [0, 0.1) is 5.82 Å². The van der Waals surface area contributed by atoms with Gasteiger partial charge >= 0.3 is 0 Å². The van der Waals surface area contributed by atoms with Gasteiger partial charge in [0.1, 0.15) is 5.75 Å². The lowest BCUT2D eigenvalue weighted by Crippen LogP contribution is -2.19. The van der Waals surface area contributed by atoms with Gasteiger partial charge in [-0.25, -0.2) is 4.39 Å². The molecule has 5 heteroatoms. The minimum Gasteiger partial charge on any atom is -0.454 e. The van der Waals surface area contributed by atoms with E-state index in [1.807, 2.05) is 6.07 Å². The van der Waals surface area contributed by atoms with Crippen molar-refractivity contribution in [1.29, 1.82) is 0 Å². The highest BCUT2D eigenvalue weighted by molar-refractivity contribution is 6.30. The molecule has 0 heterocycles. The summed E-state index contributed by atoms with van der Waals surface area (Å²) in [5.41, 5.74) is 0.742. The molecule has 0 fully saturated rings. The summed E-state index contributed by atoms with van der Waals surface area (Å²) < 4.78 is 24.6. The van der Waals surface area contributed by atoms with E-state index in [9.17, 15) is 4.39 Å². The van der Waals surface area contributed by atoms with E-state index in [2.05, 4.69) is 5.32 Å². The number of methoxy groups -OCH3 is 1. The van der Waals surface area contributed by atoms with Gasteiger partial charge in [0.15, 0.2) is 11.6 Å². The molecule has 0 aliphatic rings. The van der Waals surface area contributed by atoms with E-state index in [0.717, 1.165) is 5.56 Å².